The molecule has 1 aliphatic carbocycles. The third kappa shape index (κ3) is 4.23. The van der Waals surface area contributed by atoms with E-state index in [9.17, 15) is 0 Å². The molecule has 0 aromatic carbocycles. The SMILES string of the molecule is CCCC(OC)C(NN)C1CC(C)CC(C)C1. The second-order valence-corrected chi connectivity index (χ2v) is 5.93. The molecule has 1 rings (SSSR count). The molecule has 3 N–H and O–H groups in total. The number of rotatable bonds is 6. The minimum absolute atomic E-state index is 0.257. The summed E-state index contributed by atoms with van der Waals surface area (Å²) in [6, 6.07) is 0.310. The molecule has 0 spiro atoms. The molecule has 4 unspecified atom stereocenters. The zero-order valence-electron chi connectivity index (χ0n) is 11.9. The first-order valence-electron chi connectivity index (χ1n) is 7.11. The van der Waals surface area contributed by atoms with Gasteiger partial charge in [-0.05, 0) is 43.4 Å². The van der Waals surface area contributed by atoms with Gasteiger partial charge in [-0.1, -0.05) is 27.2 Å². The normalized spacial score (nSPS) is 33.4. The van der Waals surface area contributed by atoms with E-state index >= 15 is 0 Å². The molecule has 0 saturated heterocycles. The van der Waals surface area contributed by atoms with Gasteiger partial charge in [0, 0.05) is 7.11 Å². The molecule has 1 aliphatic rings. The summed E-state index contributed by atoms with van der Waals surface area (Å²) in [4.78, 5) is 0. The van der Waals surface area contributed by atoms with Gasteiger partial charge in [0.25, 0.3) is 0 Å². The zero-order valence-corrected chi connectivity index (χ0v) is 11.9. The van der Waals surface area contributed by atoms with Gasteiger partial charge < -0.3 is 4.74 Å². The van der Waals surface area contributed by atoms with Crippen LogP contribution in [0.2, 0.25) is 0 Å². The van der Waals surface area contributed by atoms with Crippen molar-refractivity contribution in [2.45, 2.75) is 65.0 Å². The minimum atomic E-state index is 0.257. The summed E-state index contributed by atoms with van der Waals surface area (Å²) >= 11 is 0. The van der Waals surface area contributed by atoms with Gasteiger partial charge >= 0.3 is 0 Å². The van der Waals surface area contributed by atoms with E-state index in [1.165, 1.54) is 19.3 Å². The molecule has 4 atom stereocenters. The van der Waals surface area contributed by atoms with Gasteiger partial charge in [0.15, 0.2) is 0 Å². The van der Waals surface area contributed by atoms with Crippen LogP contribution in [0.25, 0.3) is 0 Å². The lowest BCUT2D eigenvalue weighted by Crippen LogP contribution is -2.51. The van der Waals surface area contributed by atoms with Gasteiger partial charge in [0.1, 0.15) is 0 Å². The minimum Gasteiger partial charge on any atom is -0.380 e. The Morgan fingerprint density at radius 2 is 1.82 bits per heavy atom. The molecule has 17 heavy (non-hydrogen) atoms. The maximum Gasteiger partial charge on any atom is 0.0740 e. The molecule has 1 saturated carbocycles. The first-order valence-corrected chi connectivity index (χ1v) is 7.11. The number of nitrogens with one attached hydrogen (secondary N) is 1. The van der Waals surface area contributed by atoms with E-state index in [4.69, 9.17) is 10.6 Å². The summed E-state index contributed by atoms with van der Waals surface area (Å²) in [5.74, 6) is 8.07. The average Bonchev–Trinajstić information content (AvgIpc) is 2.27. The highest BCUT2D eigenvalue weighted by Crippen LogP contribution is 2.36. The summed E-state index contributed by atoms with van der Waals surface area (Å²) in [6.45, 7) is 6.92. The van der Waals surface area contributed by atoms with Gasteiger partial charge in [-0.2, -0.15) is 0 Å². The van der Waals surface area contributed by atoms with Crippen molar-refractivity contribution in [2.24, 2.45) is 23.6 Å². The average molecular weight is 242 g/mol. The van der Waals surface area contributed by atoms with Crippen molar-refractivity contribution in [2.75, 3.05) is 7.11 Å². The highest BCUT2D eigenvalue weighted by atomic mass is 16.5. The quantitative estimate of drug-likeness (QED) is 0.556. The van der Waals surface area contributed by atoms with Crippen molar-refractivity contribution in [3.05, 3.63) is 0 Å². The van der Waals surface area contributed by atoms with Crippen LogP contribution in [0.4, 0.5) is 0 Å². The molecule has 0 aromatic rings. The van der Waals surface area contributed by atoms with Crippen molar-refractivity contribution in [3.63, 3.8) is 0 Å². The van der Waals surface area contributed by atoms with E-state index in [2.05, 4.69) is 26.2 Å². The second kappa shape index (κ2) is 7.34. The molecule has 3 nitrogen and oxygen atoms in total. The molecule has 0 amide bonds. The topological polar surface area (TPSA) is 47.3 Å². The number of hydrogen-bond acceptors (Lipinski definition) is 3. The fourth-order valence-electron chi connectivity index (χ4n) is 3.58. The zero-order chi connectivity index (χ0) is 12.8. The van der Waals surface area contributed by atoms with Gasteiger partial charge in [-0.25, -0.2) is 0 Å². The Balaban J connectivity index is 2.64. The Labute approximate surface area is 106 Å². The maximum absolute atomic E-state index is 5.77. The van der Waals surface area contributed by atoms with Crippen molar-refractivity contribution in [1.29, 1.82) is 0 Å². The number of hydrazine groups is 1. The van der Waals surface area contributed by atoms with Gasteiger partial charge in [-0.15, -0.1) is 0 Å². The second-order valence-electron chi connectivity index (χ2n) is 5.93. The van der Waals surface area contributed by atoms with Crippen LogP contribution in [-0.2, 0) is 4.74 Å². The van der Waals surface area contributed by atoms with Gasteiger partial charge in [-0.3, -0.25) is 11.3 Å². The fourth-order valence-corrected chi connectivity index (χ4v) is 3.58. The molecule has 0 aromatic heterocycles. The van der Waals surface area contributed by atoms with E-state index in [0.29, 0.717) is 12.0 Å². The summed E-state index contributed by atoms with van der Waals surface area (Å²) in [5, 5.41) is 0. The van der Waals surface area contributed by atoms with Crippen molar-refractivity contribution >= 4 is 0 Å². The van der Waals surface area contributed by atoms with Crippen molar-refractivity contribution < 1.29 is 4.74 Å². The van der Waals surface area contributed by atoms with Crippen molar-refractivity contribution in [1.82, 2.24) is 5.43 Å². The van der Waals surface area contributed by atoms with Crippen LogP contribution < -0.4 is 11.3 Å². The smallest absolute Gasteiger partial charge is 0.0740 e. The van der Waals surface area contributed by atoms with Gasteiger partial charge in [0.2, 0.25) is 0 Å². The monoisotopic (exact) mass is 242 g/mol. The molecular weight excluding hydrogens is 212 g/mol. The molecule has 1 fully saturated rings. The summed E-state index contributed by atoms with van der Waals surface area (Å²) in [6.07, 6.45) is 6.41. The lowest BCUT2D eigenvalue weighted by molar-refractivity contribution is 0.0226. The van der Waals surface area contributed by atoms with Crippen LogP contribution in [-0.4, -0.2) is 19.3 Å². The van der Waals surface area contributed by atoms with E-state index in [0.717, 1.165) is 24.7 Å². The Hall–Kier alpha value is -0.120. The molecule has 0 bridgehead atoms. The lowest BCUT2D eigenvalue weighted by Gasteiger charge is -2.39. The first-order chi connectivity index (χ1) is 8.12. The Kier molecular flexibility index (Phi) is 6.45. The largest absolute Gasteiger partial charge is 0.380 e. The Morgan fingerprint density at radius 1 is 1.24 bits per heavy atom. The fraction of sp³-hybridized carbons (Fsp3) is 1.00. The van der Waals surface area contributed by atoms with E-state index in [-0.39, 0.29) is 6.10 Å². The van der Waals surface area contributed by atoms with Crippen LogP contribution in [0, 0.1) is 17.8 Å². The standard InChI is InChI=1S/C14H30N2O/c1-5-6-13(17-4)14(16-15)12-8-10(2)7-11(3)9-12/h10-14,16H,5-9,15H2,1-4H3. The first kappa shape index (κ1) is 14.9. The van der Waals surface area contributed by atoms with Crippen LogP contribution in [0.5, 0.6) is 0 Å². The molecule has 0 radical (unpaired) electrons. The Bertz CT molecular complexity index is 200. The highest BCUT2D eigenvalue weighted by Gasteiger charge is 2.33. The number of nitrogens with two attached hydrogens (primary N) is 1. The highest BCUT2D eigenvalue weighted by molar-refractivity contribution is 4.87. The summed E-state index contributed by atoms with van der Waals surface area (Å²) in [7, 11) is 1.81. The molecule has 0 heterocycles. The van der Waals surface area contributed by atoms with E-state index in [1.807, 2.05) is 0 Å². The third-order valence-corrected chi connectivity index (χ3v) is 4.19. The van der Waals surface area contributed by atoms with E-state index in [1.54, 1.807) is 7.11 Å². The van der Waals surface area contributed by atoms with Crippen LogP contribution in [0.1, 0.15) is 52.9 Å². The van der Waals surface area contributed by atoms with Crippen LogP contribution in [0.15, 0.2) is 0 Å². The predicted molar refractivity (Wildman–Crippen MR) is 72.5 cm³/mol. The summed E-state index contributed by atoms with van der Waals surface area (Å²) in [5.41, 5.74) is 3.02. The number of methoxy groups -OCH3 is 1. The lowest BCUT2D eigenvalue weighted by atomic mass is 9.72. The molecule has 3 heteroatoms. The van der Waals surface area contributed by atoms with E-state index < -0.39 is 0 Å². The third-order valence-electron chi connectivity index (χ3n) is 4.19. The van der Waals surface area contributed by atoms with Gasteiger partial charge in [0.05, 0.1) is 12.1 Å². The van der Waals surface area contributed by atoms with Crippen molar-refractivity contribution in [3.8, 4) is 0 Å². The van der Waals surface area contributed by atoms with Crippen LogP contribution in [0.3, 0.4) is 0 Å². The predicted octanol–water partition coefficient (Wildman–Crippen LogP) is 2.71. The Morgan fingerprint density at radius 3 is 2.24 bits per heavy atom. The maximum atomic E-state index is 5.77. The number of hydrogen-bond donors (Lipinski definition) is 2. The molecule has 102 valence electrons. The van der Waals surface area contributed by atoms with Crippen LogP contribution >= 0.6 is 0 Å². The molecular formula is C14H30N2O. The number of ether oxygens (including phenoxy) is 1. The molecule has 0 aliphatic heterocycles. The summed E-state index contributed by atoms with van der Waals surface area (Å²) < 4.78 is 5.62.